The molecule has 0 aromatic heterocycles. The maximum Gasteiger partial charge on any atom is 0.315 e. The zero-order valence-corrected chi connectivity index (χ0v) is 23.3. The Balaban J connectivity index is 0. The van der Waals surface area contributed by atoms with E-state index in [1.807, 2.05) is 45.0 Å². The fourth-order valence-corrected chi connectivity index (χ4v) is 2.86. The number of nitrogens with one attached hydrogen (secondary N) is 4. The summed E-state index contributed by atoms with van der Waals surface area (Å²) in [6, 6.07) is 7.05. The second-order valence-electron chi connectivity index (χ2n) is 8.03. The first-order valence-electron chi connectivity index (χ1n) is 13.0. The number of anilines is 1. The van der Waals surface area contributed by atoms with Crippen LogP contribution in [0.3, 0.4) is 0 Å². The van der Waals surface area contributed by atoms with Crippen LogP contribution in [0.25, 0.3) is 0 Å². The molecular weight excluding hydrogens is 492 g/mol. The van der Waals surface area contributed by atoms with Gasteiger partial charge in [-0.05, 0) is 50.8 Å². The number of aryl methyl sites for hydroxylation is 1. The van der Waals surface area contributed by atoms with E-state index >= 15 is 0 Å². The van der Waals surface area contributed by atoms with E-state index in [2.05, 4.69) is 34.3 Å². The monoisotopic (exact) mass is 538 g/mol. The number of amides is 2. The minimum atomic E-state index is -1.01. The highest BCUT2D eigenvalue weighted by atomic mass is 16.4. The van der Waals surface area contributed by atoms with E-state index in [1.54, 1.807) is 6.92 Å². The molecule has 1 rings (SSSR count). The fraction of sp³-hybridized carbons (Fsp3) is 0.556. The van der Waals surface area contributed by atoms with E-state index in [9.17, 15) is 19.2 Å². The highest BCUT2D eigenvalue weighted by molar-refractivity contribution is 5.76. The van der Waals surface area contributed by atoms with Crippen molar-refractivity contribution in [2.75, 3.05) is 18.4 Å². The molecule has 0 aliphatic carbocycles. The lowest BCUT2D eigenvalue weighted by molar-refractivity contribution is -0.138. The number of urea groups is 1. The number of rotatable bonds is 16. The van der Waals surface area contributed by atoms with Crippen molar-refractivity contribution in [2.24, 2.45) is 0 Å². The highest BCUT2D eigenvalue weighted by Gasteiger charge is 2.15. The average molecular weight is 539 g/mol. The topological polar surface area (TPSA) is 177 Å². The van der Waals surface area contributed by atoms with Crippen molar-refractivity contribution < 1.29 is 34.5 Å². The molecule has 11 nitrogen and oxygen atoms in total. The molecular formula is C27H46N4O7. The van der Waals surface area contributed by atoms with Crippen LogP contribution < -0.4 is 21.3 Å². The normalized spacial score (nSPS) is 10.9. The Kier molecular flexibility index (Phi) is 22.6. The smallest absolute Gasteiger partial charge is 0.315 e. The van der Waals surface area contributed by atoms with Gasteiger partial charge in [-0.2, -0.15) is 0 Å². The van der Waals surface area contributed by atoms with Gasteiger partial charge in [-0.25, -0.2) is 4.79 Å². The molecule has 2 amide bonds. The van der Waals surface area contributed by atoms with Gasteiger partial charge >= 0.3 is 23.9 Å². The van der Waals surface area contributed by atoms with E-state index in [0.717, 1.165) is 30.8 Å². The molecule has 1 aromatic rings. The molecule has 0 heterocycles. The van der Waals surface area contributed by atoms with Gasteiger partial charge in [-0.3, -0.25) is 14.4 Å². The lowest BCUT2D eigenvalue weighted by Gasteiger charge is -2.18. The molecule has 11 heteroatoms. The molecule has 1 aromatic carbocycles. The average Bonchev–Trinajstić information content (AvgIpc) is 2.86. The van der Waals surface area contributed by atoms with Crippen LogP contribution in [-0.2, 0) is 14.4 Å². The van der Waals surface area contributed by atoms with Gasteiger partial charge in [0.1, 0.15) is 0 Å². The summed E-state index contributed by atoms with van der Waals surface area (Å²) in [6.45, 7) is 10.4. The van der Waals surface area contributed by atoms with Gasteiger partial charge in [-0.15, -0.1) is 0 Å². The number of carboxylic acids is 3. The molecule has 0 radical (unpaired) electrons. The number of unbranched alkanes of at least 4 members (excludes halogenated alkanes) is 1. The summed E-state index contributed by atoms with van der Waals surface area (Å²) in [6.07, 6.45) is 4.83. The third-order valence-electron chi connectivity index (χ3n) is 4.72. The van der Waals surface area contributed by atoms with Crippen molar-refractivity contribution in [3.63, 3.8) is 0 Å². The molecule has 0 fully saturated rings. The van der Waals surface area contributed by atoms with Crippen LogP contribution in [0.5, 0.6) is 0 Å². The van der Waals surface area contributed by atoms with E-state index in [-0.39, 0.29) is 25.8 Å². The first kappa shape index (κ1) is 36.4. The summed E-state index contributed by atoms with van der Waals surface area (Å²) in [5, 5.41) is 37.1. The van der Waals surface area contributed by atoms with Gasteiger partial charge in [0.05, 0.1) is 18.7 Å². The van der Waals surface area contributed by atoms with E-state index in [1.165, 1.54) is 5.56 Å². The molecule has 0 aliphatic rings. The van der Waals surface area contributed by atoms with Crippen LogP contribution in [-0.4, -0.2) is 58.4 Å². The Morgan fingerprint density at radius 1 is 0.868 bits per heavy atom. The SMILES string of the molecule is CC.CC/C=C(\NCCCCC(CC(=O)O)NC(=O)NCCC(=O)O)Nc1ccc(C)cc1.CCC(=O)O. The molecule has 1 unspecified atom stereocenters. The van der Waals surface area contributed by atoms with Crippen LogP contribution in [0, 0.1) is 6.92 Å². The predicted octanol–water partition coefficient (Wildman–Crippen LogP) is 4.54. The summed E-state index contributed by atoms with van der Waals surface area (Å²) in [5.41, 5.74) is 2.19. The van der Waals surface area contributed by atoms with Crippen LogP contribution in [0.15, 0.2) is 36.2 Å². The molecule has 0 saturated carbocycles. The predicted molar refractivity (Wildman–Crippen MR) is 149 cm³/mol. The van der Waals surface area contributed by atoms with Crippen LogP contribution in [0.2, 0.25) is 0 Å². The lowest BCUT2D eigenvalue weighted by atomic mass is 10.1. The van der Waals surface area contributed by atoms with Gasteiger partial charge < -0.3 is 36.6 Å². The molecule has 0 bridgehead atoms. The van der Waals surface area contributed by atoms with Crippen molar-refractivity contribution in [1.29, 1.82) is 0 Å². The first-order valence-corrected chi connectivity index (χ1v) is 13.0. The molecule has 1 atom stereocenters. The van der Waals surface area contributed by atoms with Crippen molar-refractivity contribution in [3.8, 4) is 0 Å². The number of hydrogen-bond donors (Lipinski definition) is 7. The van der Waals surface area contributed by atoms with Gasteiger partial charge in [-0.1, -0.05) is 45.4 Å². The van der Waals surface area contributed by atoms with Crippen molar-refractivity contribution in [1.82, 2.24) is 16.0 Å². The maximum absolute atomic E-state index is 11.8. The minimum Gasteiger partial charge on any atom is -0.481 e. The Morgan fingerprint density at radius 2 is 1.47 bits per heavy atom. The van der Waals surface area contributed by atoms with Gasteiger partial charge in [0, 0.05) is 31.2 Å². The fourth-order valence-electron chi connectivity index (χ4n) is 2.86. The Bertz CT molecular complexity index is 842. The maximum atomic E-state index is 11.8. The van der Waals surface area contributed by atoms with Crippen LogP contribution in [0.1, 0.15) is 78.2 Å². The van der Waals surface area contributed by atoms with Crippen molar-refractivity contribution in [2.45, 2.75) is 85.6 Å². The van der Waals surface area contributed by atoms with Gasteiger partial charge in [0.25, 0.3) is 0 Å². The van der Waals surface area contributed by atoms with Gasteiger partial charge in [0.15, 0.2) is 0 Å². The number of hydrogen-bond acceptors (Lipinski definition) is 6. The number of aliphatic carboxylic acids is 3. The molecule has 0 saturated heterocycles. The number of carbonyl (C=O) groups excluding carboxylic acids is 1. The largest absolute Gasteiger partial charge is 0.481 e. The van der Waals surface area contributed by atoms with E-state index in [0.29, 0.717) is 13.0 Å². The van der Waals surface area contributed by atoms with Crippen LogP contribution in [0.4, 0.5) is 10.5 Å². The second kappa shape index (κ2) is 23.6. The molecule has 216 valence electrons. The number of carboxylic acid groups (broad SMARTS) is 3. The molecule has 0 spiro atoms. The Morgan fingerprint density at radius 3 is 1.97 bits per heavy atom. The third kappa shape index (κ3) is 22.7. The summed E-state index contributed by atoms with van der Waals surface area (Å²) >= 11 is 0. The summed E-state index contributed by atoms with van der Waals surface area (Å²) in [7, 11) is 0. The minimum absolute atomic E-state index is 0.00853. The summed E-state index contributed by atoms with van der Waals surface area (Å²) < 4.78 is 0. The zero-order chi connectivity index (χ0) is 29.3. The lowest BCUT2D eigenvalue weighted by Crippen LogP contribution is -2.43. The number of allylic oxidation sites excluding steroid dienone is 1. The summed E-state index contributed by atoms with van der Waals surface area (Å²) in [4.78, 5) is 42.7. The standard InChI is InChI=1S/C22H34N4O5.C3H6O2.C2H6/c1-3-6-19(25-17-10-8-16(2)9-11-17)23-13-5-4-7-18(15-21(29)30)26-22(31)24-14-12-20(27)28;1-2-3(4)5;1-2/h6,8-11,18,23,25H,3-5,7,12-15H2,1-2H3,(H,27,28)(H,29,30)(H2,24,26,31);2H2,1H3,(H,4,5);1-2H3/b19-6+;;. The zero-order valence-electron chi connectivity index (χ0n) is 23.3. The first-order chi connectivity index (χ1) is 18.1. The number of carbonyl (C=O) groups is 4. The molecule has 7 N–H and O–H groups in total. The quantitative estimate of drug-likeness (QED) is 0.149. The summed E-state index contributed by atoms with van der Waals surface area (Å²) in [5.74, 6) is -1.83. The molecule has 38 heavy (non-hydrogen) atoms. The van der Waals surface area contributed by atoms with E-state index < -0.39 is 30.0 Å². The van der Waals surface area contributed by atoms with Crippen molar-refractivity contribution >= 4 is 29.6 Å². The Hall–Kier alpha value is -3.76. The van der Waals surface area contributed by atoms with E-state index in [4.69, 9.17) is 15.3 Å². The number of benzene rings is 1. The Labute approximate surface area is 226 Å². The third-order valence-corrected chi connectivity index (χ3v) is 4.72. The highest BCUT2D eigenvalue weighted by Crippen LogP contribution is 2.11. The second-order valence-corrected chi connectivity index (χ2v) is 8.03. The van der Waals surface area contributed by atoms with Crippen molar-refractivity contribution in [3.05, 3.63) is 41.7 Å². The van der Waals surface area contributed by atoms with Crippen LogP contribution >= 0.6 is 0 Å². The van der Waals surface area contributed by atoms with Gasteiger partial charge in [0.2, 0.25) is 0 Å². The molecule has 0 aliphatic heterocycles.